The Labute approximate surface area is 253 Å². The van der Waals surface area contributed by atoms with Gasteiger partial charge in [0.2, 0.25) is 17.7 Å². The molecular formula is C33H35F3N4O4. The highest BCUT2D eigenvalue weighted by Crippen LogP contribution is 2.32. The van der Waals surface area contributed by atoms with Crippen molar-refractivity contribution in [1.82, 2.24) is 20.4 Å². The van der Waals surface area contributed by atoms with E-state index in [2.05, 4.69) is 17.2 Å². The van der Waals surface area contributed by atoms with Crippen molar-refractivity contribution in [2.45, 2.75) is 37.9 Å². The molecule has 4 amide bonds. The Bertz CT molecular complexity index is 1510. The average Bonchev–Trinajstić information content (AvgIpc) is 3.02. The number of fused-ring (bicyclic) bond motifs is 1. The number of hydrogen-bond acceptors (Lipinski definition) is 4. The largest absolute Gasteiger partial charge is 0.416 e. The molecule has 0 aromatic heterocycles. The molecule has 44 heavy (non-hydrogen) atoms. The van der Waals surface area contributed by atoms with E-state index in [1.54, 1.807) is 15.9 Å². The van der Waals surface area contributed by atoms with Gasteiger partial charge in [-0.2, -0.15) is 13.2 Å². The van der Waals surface area contributed by atoms with E-state index in [1.165, 1.54) is 18.2 Å². The van der Waals surface area contributed by atoms with E-state index >= 15 is 0 Å². The second-order valence-corrected chi connectivity index (χ2v) is 10.6. The molecule has 0 radical (unpaired) electrons. The van der Waals surface area contributed by atoms with Crippen molar-refractivity contribution in [3.63, 3.8) is 0 Å². The minimum Gasteiger partial charge on any atom is -0.353 e. The summed E-state index contributed by atoms with van der Waals surface area (Å²) in [6.45, 7) is 4.81. The zero-order chi connectivity index (χ0) is 31.7. The van der Waals surface area contributed by atoms with Gasteiger partial charge in [-0.1, -0.05) is 61.2 Å². The molecule has 1 aliphatic heterocycles. The molecule has 8 nitrogen and oxygen atoms in total. The fourth-order valence-corrected chi connectivity index (χ4v) is 5.32. The van der Waals surface area contributed by atoms with E-state index in [0.717, 1.165) is 22.9 Å². The Balaban J connectivity index is 1.41. The van der Waals surface area contributed by atoms with E-state index in [4.69, 9.17) is 0 Å². The van der Waals surface area contributed by atoms with Crippen LogP contribution >= 0.6 is 0 Å². The molecular weight excluding hydrogens is 573 g/mol. The normalized spacial score (nSPS) is 14.2. The summed E-state index contributed by atoms with van der Waals surface area (Å²) in [7, 11) is 0. The Morgan fingerprint density at radius 2 is 1.52 bits per heavy atom. The lowest BCUT2D eigenvalue weighted by Gasteiger charge is -2.36. The van der Waals surface area contributed by atoms with Gasteiger partial charge < -0.3 is 20.4 Å². The van der Waals surface area contributed by atoms with E-state index < -0.39 is 30.1 Å². The standard InChI is InChI=1S/C33H35F3N4O4/c1-2-29(41)37-17-8-7-16-28(38-30(42)22-24-11-4-6-15-27(24)33(34,35)36)32(44)40-20-18-39(19-21-40)31(43)26-14-9-12-23-10-3-5-13-25(23)26/h2-6,9-15,28H,1,7-8,16-22H2,(H,37,41)(H,38,42). The SMILES string of the molecule is C=CC(=O)NCCCCC(NC(=O)Cc1ccccc1C(F)(F)F)C(=O)N1CCN(C(=O)c2cccc3ccccc23)CC1. The first-order chi connectivity index (χ1) is 21.1. The molecule has 1 saturated heterocycles. The van der Waals surface area contributed by atoms with Crippen LogP contribution in [0.3, 0.4) is 0 Å². The van der Waals surface area contributed by atoms with E-state index in [1.807, 2.05) is 36.4 Å². The number of unbranched alkanes of at least 4 members (excludes halogenated alkanes) is 1. The van der Waals surface area contributed by atoms with Crippen LogP contribution in [0.25, 0.3) is 10.8 Å². The highest BCUT2D eigenvalue weighted by molar-refractivity contribution is 6.07. The molecule has 0 aliphatic carbocycles. The molecule has 1 unspecified atom stereocenters. The Morgan fingerprint density at radius 1 is 0.864 bits per heavy atom. The van der Waals surface area contributed by atoms with Crippen molar-refractivity contribution in [1.29, 1.82) is 0 Å². The zero-order valence-electron chi connectivity index (χ0n) is 24.2. The molecule has 1 heterocycles. The third-order valence-corrected chi connectivity index (χ3v) is 7.61. The predicted molar refractivity (Wildman–Crippen MR) is 161 cm³/mol. The highest BCUT2D eigenvalue weighted by Gasteiger charge is 2.34. The van der Waals surface area contributed by atoms with Crippen LogP contribution in [0.15, 0.2) is 79.4 Å². The molecule has 4 rings (SSSR count). The number of nitrogens with zero attached hydrogens (tertiary/aromatic N) is 2. The molecule has 0 bridgehead atoms. The first kappa shape index (κ1) is 32.2. The van der Waals surface area contributed by atoms with Gasteiger partial charge in [0.1, 0.15) is 6.04 Å². The van der Waals surface area contributed by atoms with E-state index in [9.17, 15) is 32.3 Å². The minimum absolute atomic E-state index is 0.136. The minimum atomic E-state index is -4.62. The van der Waals surface area contributed by atoms with Crippen LogP contribution in [0.2, 0.25) is 0 Å². The zero-order valence-corrected chi connectivity index (χ0v) is 24.2. The number of hydrogen-bond donors (Lipinski definition) is 2. The van der Waals surface area contributed by atoms with Gasteiger partial charge in [0.15, 0.2) is 0 Å². The van der Waals surface area contributed by atoms with E-state index in [-0.39, 0.29) is 42.8 Å². The lowest BCUT2D eigenvalue weighted by molar-refractivity contribution is -0.139. The first-order valence-corrected chi connectivity index (χ1v) is 14.5. The summed E-state index contributed by atoms with van der Waals surface area (Å²) in [4.78, 5) is 54.6. The van der Waals surface area contributed by atoms with Crippen LogP contribution in [0.5, 0.6) is 0 Å². The smallest absolute Gasteiger partial charge is 0.353 e. The summed E-state index contributed by atoms with van der Waals surface area (Å²) < 4.78 is 40.4. The van der Waals surface area contributed by atoms with Gasteiger partial charge in [-0.15, -0.1) is 0 Å². The molecule has 1 atom stereocenters. The molecule has 1 aliphatic rings. The number of piperazine rings is 1. The maximum Gasteiger partial charge on any atom is 0.416 e. The van der Waals surface area contributed by atoms with Crippen LogP contribution < -0.4 is 10.6 Å². The van der Waals surface area contributed by atoms with E-state index in [0.29, 0.717) is 38.0 Å². The van der Waals surface area contributed by atoms with Crippen molar-refractivity contribution >= 4 is 34.4 Å². The van der Waals surface area contributed by atoms with Crippen LogP contribution in [0, 0.1) is 0 Å². The van der Waals surface area contributed by atoms with Gasteiger partial charge in [0.05, 0.1) is 12.0 Å². The predicted octanol–water partition coefficient (Wildman–Crippen LogP) is 4.34. The topological polar surface area (TPSA) is 98.8 Å². The Hall–Kier alpha value is -4.67. The molecule has 11 heteroatoms. The van der Waals surface area contributed by atoms with Gasteiger partial charge in [-0.25, -0.2) is 0 Å². The molecule has 0 saturated carbocycles. The number of halogens is 3. The van der Waals surface area contributed by atoms with Crippen molar-refractivity contribution in [2.75, 3.05) is 32.7 Å². The maximum atomic E-state index is 13.6. The number of carbonyl (C=O) groups excluding carboxylic acids is 4. The molecule has 0 spiro atoms. The number of carbonyl (C=O) groups is 4. The number of nitrogens with one attached hydrogen (secondary N) is 2. The summed E-state index contributed by atoms with van der Waals surface area (Å²) in [5.74, 6) is -1.53. The Morgan fingerprint density at radius 3 is 2.25 bits per heavy atom. The Kier molecular flexibility index (Phi) is 10.8. The summed E-state index contributed by atoms with van der Waals surface area (Å²) in [6.07, 6.45) is -2.80. The van der Waals surface area contributed by atoms with Gasteiger partial charge in [0, 0.05) is 38.3 Å². The monoisotopic (exact) mass is 608 g/mol. The average molecular weight is 609 g/mol. The van der Waals surface area contributed by atoms with Crippen LogP contribution in [0.4, 0.5) is 13.2 Å². The quantitative estimate of drug-likeness (QED) is 0.250. The molecule has 2 N–H and O–H groups in total. The summed E-state index contributed by atoms with van der Waals surface area (Å²) in [6, 6.07) is 17.0. The number of amides is 4. The summed E-state index contributed by atoms with van der Waals surface area (Å²) >= 11 is 0. The van der Waals surface area contributed by atoms with Crippen molar-refractivity contribution in [2.24, 2.45) is 0 Å². The fraction of sp³-hybridized carbons (Fsp3) is 0.333. The van der Waals surface area contributed by atoms with Crippen molar-refractivity contribution < 1.29 is 32.3 Å². The third kappa shape index (κ3) is 8.24. The van der Waals surface area contributed by atoms with Crippen molar-refractivity contribution in [3.8, 4) is 0 Å². The lowest BCUT2D eigenvalue weighted by atomic mass is 10.0. The van der Waals surface area contributed by atoms with Gasteiger partial charge in [0.25, 0.3) is 5.91 Å². The van der Waals surface area contributed by atoms with Crippen LogP contribution in [-0.2, 0) is 27.0 Å². The second kappa shape index (κ2) is 14.7. The molecule has 3 aromatic carbocycles. The third-order valence-electron chi connectivity index (χ3n) is 7.61. The van der Waals surface area contributed by atoms with Gasteiger partial charge in [-0.3, -0.25) is 19.2 Å². The summed E-state index contributed by atoms with van der Waals surface area (Å²) in [5, 5.41) is 7.10. The van der Waals surface area contributed by atoms with Crippen LogP contribution in [0.1, 0.15) is 40.7 Å². The van der Waals surface area contributed by atoms with Gasteiger partial charge >= 0.3 is 6.18 Å². The molecule has 3 aromatic rings. The maximum absolute atomic E-state index is 13.6. The summed E-state index contributed by atoms with van der Waals surface area (Å²) in [5.41, 5.74) is -0.505. The van der Waals surface area contributed by atoms with Crippen molar-refractivity contribution in [3.05, 3.63) is 96.1 Å². The first-order valence-electron chi connectivity index (χ1n) is 14.5. The lowest BCUT2D eigenvalue weighted by Crippen LogP contribution is -2.56. The number of benzene rings is 3. The number of rotatable bonds is 11. The fourth-order valence-electron chi connectivity index (χ4n) is 5.32. The molecule has 232 valence electrons. The second-order valence-electron chi connectivity index (χ2n) is 10.6. The number of alkyl halides is 3. The van der Waals surface area contributed by atoms with Crippen LogP contribution in [-0.4, -0.2) is 72.2 Å². The molecule has 1 fully saturated rings. The van der Waals surface area contributed by atoms with Gasteiger partial charge in [-0.05, 0) is 53.8 Å². The highest BCUT2D eigenvalue weighted by atomic mass is 19.4.